The van der Waals surface area contributed by atoms with E-state index in [1.54, 1.807) is 24.5 Å². The summed E-state index contributed by atoms with van der Waals surface area (Å²) in [5, 5.41) is 17.9. The number of hydrogen-bond donors (Lipinski definition) is 3. The Morgan fingerprint density at radius 1 is 1.12 bits per heavy atom. The Hall–Kier alpha value is -3.78. The maximum Gasteiger partial charge on any atom is 0.224 e. The molecule has 1 aliphatic carbocycles. The molecule has 0 aliphatic heterocycles. The Balaban J connectivity index is 1.68. The number of benzene rings is 1. The summed E-state index contributed by atoms with van der Waals surface area (Å²) in [6.07, 6.45) is 10.2. The Morgan fingerprint density at radius 3 is 2.76 bits per heavy atom. The number of aromatic nitrogens is 2. The average Bonchev–Trinajstić information content (AvgIpc) is 2.81. The maximum atomic E-state index is 14.6. The maximum absolute atomic E-state index is 14.6. The Kier molecular flexibility index (Phi) is 7.18. The van der Waals surface area contributed by atoms with Crippen LogP contribution < -0.4 is 21.2 Å². The Bertz CT molecular complexity index is 1320. The lowest BCUT2D eigenvalue weighted by Gasteiger charge is -2.16. The number of phenolic OH excluding ortho intramolecular Hbond substituents is 1. The van der Waals surface area contributed by atoms with E-state index in [4.69, 9.17) is 0 Å². The third-order valence-electron chi connectivity index (χ3n) is 5.54. The molecule has 176 valence electrons. The number of pyridine rings is 2. The van der Waals surface area contributed by atoms with Gasteiger partial charge in [0.15, 0.2) is 0 Å². The van der Waals surface area contributed by atoms with Crippen LogP contribution in [-0.4, -0.2) is 46.5 Å². The van der Waals surface area contributed by atoms with Crippen molar-refractivity contribution in [3.8, 4) is 17.0 Å². The summed E-state index contributed by atoms with van der Waals surface area (Å²) in [5.41, 5.74) is 2.59. The van der Waals surface area contributed by atoms with Crippen molar-refractivity contribution < 1.29 is 14.3 Å². The molecule has 1 amide bonds. The highest BCUT2D eigenvalue weighted by Crippen LogP contribution is 2.28. The minimum absolute atomic E-state index is 0.0330. The van der Waals surface area contributed by atoms with E-state index in [0.717, 1.165) is 42.1 Å². The number of halogens is 1. The van der Waals surface area contributed by atoms with Gasteiger partial charge in [-0.3, -0.25) is 9.78 Å². The highest BCUT2D eigenvalue weighted by atomic mass is 19.1. The van der Waals surface area contributed by atoms with Gasteiger partial charge < -0.3 is 20.6 Å². The van der Waals surface area contributed by atoms with E-state index in [2.05, 4.69) is 26.7 Å². The quantitative estimate of drug-likeness (QED) is 0.477. The van der Waals surface area contributed by atoms with Gasteiger partial charge >= 0.3 is 0 Å². The lowest BCUT2D eigenvalue weighted by molar-refractivity contribution is -0.116. The second kappa shape index (κ2) is 10.4. The van der Waals surface area contributed by atoms with Crippen LogP contribution in [0.3, 0.4) is 0 Å². The van der Waals surface area contributed by atoms with E-state index in [1.807, 2.05) is 25.1 Å². The molecule has 7 nitrogen and oxygen atoms in total. The van der Waals surface area contributed by atoms with Crippen molar-refractivity contribution in [2.75, 3.05) is 31.3 Å². The predicted molar refractivity (Wildman–Crippen MR) is 133 cm³/mol. The molecule has 34 heavy (non-hydrogen) atoms. The summed E-state index contributed by atoms with van der Waals surface area (Å²) in [4.78, 5) is 23.3. The van der Waals surface area contributed by atoms with E-state index < -0.39 is 5.82 Å². The van der Waals surface area contributed by atoms with Gasteiger partial charge in [0.2, 0.25) is 5.91 Å². The van der Waals surface area contributed by atoms with Crippen LogP contribution in [0.2, 0.25) is 0 Å². The number of carbonyl (C=O) groups is 1. The summed E-state index contributed by atoms with van der Waals surface area (Å²) in [6.45, 7) is 0.829. The molecule has 0 radical (unpaired) electrons. The van der Waals surface area contributed by atoms with Crippen LogP contribution in [0.4, 0.5) is 21.5 Å². The molecule has 0 fully saturated rings. The molecule has 0 spiro atoms. The first-order valence-electron chi connectivity index (χ1n) is 11.3. The van der Waals surface area contributed by atoms with Crippen LogP contribution in [0, 0.1) is 5.82 Å². The third-order valence-corrected chi connectivity index (χ3v) is 5.54. The van der Waals surface area contributed by atoms with Gasteiger partial charge in [-0.15, -0.1) is 0 Å². The summed E-state index contributed by atoms with van der Waals surface area (Å²) < 4.78 is 14.6. The molecule has 3 aromatic rings. The highest BCUT2D eigenvalue weighted by molar-refractivity contribution is 5.94. The number of fused-ring (bicyclic) bond motifs is 1. The number of carbonyl (C=O) groups excluding carboxylic acids is 1. The molecule has 2 aromatic heterocycles. The topological polar surface area (TPSA) is 90.4 Å². The molecule has 1 aromatic carbocycles. The molecular weight excluding hydrogens is 433 g/mol. The molecule has 0 unspecified atom stereocenters. The fourth-order valence-electron chi connectivity index (χ4n) is 3.86. The van der Waals surface area contributed by atoms with E-state index in [0.29, 0.717) is 23.5 Å². The number of anilines is 3. The Labute approximate surface area is 197 Å². The minimum Gasteiger partial charge on any atom is -0.508 e. The monoisotopic (exact) mass is 461 g/mol. The number of hydrogen-bond acceptors (Lipinski definition) is 6. The van der Waals surface area contributed by atoms with Gasteiger partial charge in [-0.25, -0.2) is 9.37 Å². The molecule has 0 bridgehead atoms. The molecule has 0 atom stereocenters. The lowest BCUT2D eigenvalue weighted by Crippen LogP contribution is -2.33. The standard InChI is InChI=1S/C26H28FN5O2/c1-32(2)13-5-8-26(34)31-25-16-28-12-11-22(25)30-23-15-24(19-14-17(33)9-10-20(19)27)29-21-7-4-3-6-18(21)23/h6-7,9-12,14-16,33H,3-5,8,13H2,1-2H3,(H,28,30)(H,31,34). The summed E-state index contributed by atoms with van der Waals surface area (Å²) in [7, 11) is 3.95. The van der Waals surface area contributed by atoms with E-state index >= 15 is 0 Å². The van der Waals surface area contributed by atoms with Crippen molar-refractivity contribution >= 4 is 35.1 Å². The van der Waals surface area contributed by atoms with Crippen molar-refractivity contribution in [1.82, 2.24) is 14.9 Å². The van der Waals surface area contributed by atoms with Crippen molar-refractivity contribution in [3.63, 3.8) is 0 Å². The lowest BCUT2D eigenvalue weighted by atomic mass is 10.1. The van der Waals surface area contributed by atoms with Crippen molar-refractivity contribution in [3.05, 3.63) is 59.1 Å². The molecule has 0 saturated carbocycles. The average molecular weight is 462 g/mol. The number of nitrogens with one attached hydrogen (secondary N) is 2. The minimum atomic E-state index is -0.467. The number of amides is 1. The van der Waals surface area contributed by atoms with Gasteiger partial charge in [0.05, 0.1) is 28.6 Å². The van der Waals surface area contributed by atoms with E-state index in [1.165, 1.54) is 18.2 Å². The summed E-state index contributed by atoms with van der Waals surface area (Å²) in [6, 6.07) is 7.44. The fourth-order valence-corrected chi connectivity index (χ4v) is 3.86. The van der Waals surface area contributed by atoms with Gasteiger partial charge in [0.1, 0.15) is 11.6 Å². The molecule has 1 aliphatic rings. The third kappa shape index (κ3) is 5.58. The van der Waals surface area contributed by atoms with Crippen LogP contribution in [0.15, 0.2) is 42.7 Å². The first-order chi connectivity index (χ1) is 16.4. The van der Waals surface area contributed by atoms with Gasteiger partial charge in [-0.05, 0) is 70.2 Å². The van der Waals surface area contributed by atoms with E-state index in [9.17, 15) is 14.3 Å². The zero-order chi connectivity index (χ0) is 24.1. The molecule has 0 saturated heterocycles. The number of nitrogens with zero attached hydrogens (tertiary/aromatic N) is 3. The number of phenols is 1. The summed E-state index contributed by atoms with van der Waals surface area (Å²) in [5.74, 6) is -0.586. The first-order valence-corrected chi connectivity index (χ1v) is 11.3. The number of rotatable bonds is 8. The Morgan fingerprint density at radius 2 is 1.94 bits per heavy atom. The zero-order valence-electron chi connectivity index (χ0n) is 19.3. The largest absolute Gasteiger partial charge is 0.508 e. The fraction of sp³-hybridized carbons (Fsp3) is 0.269. The predicted octanol–water partition coefficient (Wildman–Crippen LogP) is 3.37. The van der Waals surface area contributed by atoms with Crippen molar-refractivity contribution in [2.24, 2.45) is 0 Å². The van der Waals surface area contributed by atoms with Crippen LogP contribution in [0.1, 0.15) is 25.7 Å². The van der Waals surface area contributed by atoms with Gasteiger partial charge in [0, 0.05) is 29.1 Å². The van der Waals surface area contributed by atoms with Gasteiger partial charge in [0.25, 0.3) is 0 Å². The molecular formula is C26H28FN5O2. The van der Waals surface area contributed by atoms with Crippen LogP contribution in [0.5, 0.6) is 5.75 Å². The second-order valence-corrected chi connectivity index (χ2v) is 8.50. The summed E-state index contributed by atoms with van der Waals surface area (Å²) >= 11 is 0. The zero-order valence-corrected chi connectivity index (χ0v) is 19.3. The van der Waals surface area contributed by atoms with Crippen molar-refractivity contribution in [1.29, 1.82) is 0 Å². The van der Waals surface area contributed by atoms with Gasteiger partial charge in [-0.2, -0.15) is 0 Å². The van der Waals surface area contributed by atoms with Gasteiger partial charge in [-0.1, -0.05) is 12.2 Å². The molecule has 4 rings (SSSR count). The highest BCUT2D eigenvalue weighted by Gasteiger charge is 2.14. The number of aromatic hydroxyl groups is 1. The second-order valence-electron chi connectivity index (χ2n) is 8.50. The SMILES string of the molecule is CN(C)CCCC(=O)Nc1cnccc1Nc1cc(-c2cc(O)ccc2F)nc2c1=CCCC=2. The van der Waals surface area contributed by atoms with Crippen molar-refractivity contribution in [2.45, 2.75) is 25.7 Å². The molecule has 3 N–H and O–H groups in total. The molecule has 8 heteroatoms. The van der Waals surface area contributed by atoms with Crippen LogP contribution >= 0.6 is 0 Å². The smallest absolute Gasteiger partial charge is 0.224 e. The van der Waals surface area contributed by atoms with Crippen LogP contribution in [0.25, 0.3) is 23.4 Å². The van der Waals surface area contributed by atoms with Crippen LogP contribution in [-0.2, 0) is 4.79 Å². The van der Waals surface area contributed by atoms with E-state index in [-0.39, 0.29) is 17.2 Å². The molecule has 2 heterocycles. The first kappa shape index (κ1) is 23.4. The normalized spacial score (nSPS) is 12.5.